The number of hydrogen-bond donors (Lipinski definition) is 0. The number of nitrogens with zero attached hydrogens (tertiary/aromatic N) is 2. The van der Waals surface area contributed by atoms with Crippen molar-refractivity contribution in [3.63, 3.8) is 0 Å². The fraction of sp³-hybridized carbons (Fsp3) is 0.143. The van der Waals surface area contributed by atoms with Crippen molar-refractivity contribution in [2.24, 2.45) is 0 Å². The van der Waals surface area contributed by atoms with Crippen LogP contribution in [-0.2, 0) is 6.61 Å². The molecule has 1 aromatic carbocycles. The largest absolute Gasteiger partial charge is 0.496 e. The van der Waals surface area contributed by atoms with E-state index in [1.165, 1.54) is 0 Å². The zero-order chi connectivity index (χ0) is 13.7. The lowest BCUT2D eigenvalue weighted by molar-refractivity contribution is 0.295. The van der Waals surface area contributed by atoms with Crippen molar-refractivity contribution in [3.8, 4) is 17.6 Å². The van der Waals surface area contributed by atoms with Crippen LogP contribution in [0.15, 0.2) is 41.1 Å². The first-order valence-corrected chi connectivity index (χ1v) is 6.33. The molecule has 4 nitrogen and oxygen atoms in total. The van der Waals surface area contributed by atoms with Gasteiger partial charge in [0.15, 0.2) is 0 Å². The van der Waals surface area contributed by atoms with Crippen molar-refractivity contribution < 1.29 is 9.47 Å². The summed E-state index contributed by atoms with van der Waals surface area (Å²) in [5.41, 5.74) is 1.40. The molecular formula is C14H11BrN2O2. The van der Waals surface area contributed by atoms with Crippen LogP contribution in [0.25, 0.3) is 0 Å². The van der Waals surface area contributed by atoms with E-state index in [0.29, 0.717) is 23.7 Å². The van der Waals surface area contributed by atoms with Crippen LogP contribution < -0.4 is 9.47 Å². The van der Waals surface area contributed by atoms with E-state index in [0.717, 1.165) is 10.2 Å². The van der Waals surface area contributed by atoms with Gasteiger partial charge in [0.2, 0.25) is 0 Å². The van der Waals surface area contributed by atoms with Gasteiger partial charge in [-0.15, -0.1) is 0 Å². The number of ether oxygens (including phenoxy) is 2. The van der Waals surface area contributed by atoms with Gasteiger partial charge < -0.3 is 9.47 Å². The van der Waals surface area contributed by atoms with Crippen molar-refractivity contribution in [1.29, 1.82) is 5.26 Å². The molecular weight excluding hydrogens is 308 g/mol. The summed E-state index contributed by atoms with van der Waals surface area (Å²) in [6.45, 7) is 0.321. The number of nitriles is 1. The average molecular weight is 319 g/mol. The molecule has 2 rings (SSSR count). The smallest absolute Gasteiger partial charge is 0.138 e. The topological polar surface area (TPSA) is 55.1 Å². The quantitative estimate of drug-likeness (QED) is 0.811. The third kappa shape index (κ3) is 3.46. The first-order valence-electron chi connectivity index (χ1n) is 5.54. The summed E-state index contributed by atoms with van der Waals surface area (Å²) in [6, 6.07) is 10.9. The van der Waals surface area contributed by atoms with Gasteiger partial charge in [0.05, 0.1) is 24.9 Å². The number of benzene rings is 1. The highest BCUT2D eigenvalue weighted by Crippen LogP contribution is 2.22. The average Bonchev–Trinajstić information content (AvgIpc) is 2.46. The summed E-state index contributed by atoms with van der Waals surface area (Å²) in [6.07, 6.45) is 1.63. The monoisotopic (exact) mass is 318 g/mol. The molecule has 0 spiro atoms. The number of rotatable bonds is 4. The fourth-order valence-electron chi connectivity index (χ4n) is 1.57. The molecule has 0 fully saturated rings. The molecule has 0 unspecified atom stereocenters. The second-order valence-corrected chi connectivity index (χ2v) is 4.56. The first-order chi connectivity index (χ1) is 9.22. The molecule has 96 valence electrons. The first kappa shape index (κ1) is 13.4. The molecule has 0 saturated heterocycles. The summed E-state index contributed by atoms with van der Waals surface area (Å²) in [5.74, 6) is 1.36. The van der Waals surface area contributed by atoms with E-state index in [4.69, 9.17) is 14.7 Å². The normalized spacial score (nSPS) is 9.74. The van der Waals surface area contributed by atoms with Gasteiger partial charge in [-0.1, -0.05) is 0 Å². The van der Waals surface area contributed by atoms with Crippen molar-refractivity contribution in [3.05, 3.63) is 52.3 Å². The minimum absolute atomic E-state index is 0.321. The summed E-state index contributed by atoms with van der Waals surface area (Å²) in [5, 5.41) is 8.89. The van der Waals surface area contributed by atoms with Gasteiger partial charge in [0.1, 0.15) is 22.7 Å². The Hall–Kier alpha value is -2.06. The fourth-order valence-corrected chi connectivity index (χ4v) is 1.80. The molecule has 1 heterocycles. The molecule has 0 radical (unpaired) electrons. The second-order valence-electron chi connectivity index (χ2n) is 3.74. The summed E-state index contributed by atoms with van der Waals surface area (Å²) >= 11 is 3.26. The molecule has 0 N–H and O–H groups in total. The molecule has 2 aromatic rings. The SMILES string of the molecule is COc1ccc(C#N)cc1COc1ccc(Br)nc1. The maximum atomic E-state index is 8.89. The zero-order valence-corrected chi connectivity index (χ0v) is 11.8. The van der Waals surface area contributed by atoms with Crippen molar-refractivity contribution >= 4 is 15.9 Å². The van der Waals surface area contributed by atoms with Crippen LogP contribution >= 0.6 is 15.9 Å². The second kappa shape index (κ2) is 6.21. The van der Waals surface area contributed by atoms with Gasteiger partial charge >= 0.3 is 0 Å². The molecule has 0 atom stereocenters. The Labute approximate surface area is 119 Å². The van der Waals surface area contributed by atoms with E-state index in [9.17, 15) is 0 Å². The molecule has 0 bridgehead atoms. The highest BCUT2D eigenvalue weighted by Gasteiger charge is 2.05. The number of methoxy groups -OCH3 is 1. The number of hydrogen-bond acceptors (Lipinski definition) is 4. The zero-order valence-electron chi connectivity index (χ0n) is 10.3. The van der Waals surface area contributed by atoms with Gasteiger partial charge in [-0.2, -0.15) is 5.26 Å². The minimum Gasteiger partial charge on any atom is -0.496 e. The van der Waals surface area contributed by atoms with E-state index in [2.05, 4.69) is 27.0 Å². The summed E-state index contributed by atoms with van der Waals surface area (Å²) in [4.78, 5) is 4.08. The van der Waals surface area contributed by atoms with E-state index in [1.54, 1.807) is 37.6 Å². The molecule has 0 aliphatic heterocycles. The van der Waals surface area contributed by atoms with Crippen molar-refractivity contribution in [2.75, 3.05) is 7.11 Å². The van der Waals surface area contributed by atoms with E-state index < -0.39 is 0 Å². The highest BCUT2D eigenvalue weighted by molar-refractivity contribution is 9.10. The van der Waals surface area contributed by atoms with Gasteiger partial charge in [-0.3, -0.25) is 0 Å². The van der Waals surface area contributed by atoms with Crippen LogP contribution in [0, 0.1) is 11.3 Å². The third-order valence-electron chi connectivity index (χ3n) is 2.50. The Bertz CT molecular complexity index is 606. The van der Waals surface area contributed by atoms with Gasteiger partial charge in [0, 0.05) is 5.56 Å². The van der Waals surface area contributed by atoms with E-state index in [-0.39, 0.29) is 0 Å². The van der Waals surface area contributed by atoms with Crippen LogP contribution in [0.3, 0.4) is 0 Å². The Morgan fingerprint density at radius 2 is 2.16 bits per heavy atom. The maximum Gasteiger partial charge on any atom is 0.138 e. The number of halogens is 1. The predicted molar refractivity (Wildman–Crippen MR) is 74.0 cm³/mol. The van der Waals surface area contributed by atoms with Gasteiger partial charge in [0.25, 0.3) is 0 Å². The highest BCUT2D eigenvalue weighted by atomic mass is 79.9. The molecule has 19 heavy (non-hydrogen) atoms. The molecule has 0 aliphatic rings. The Morgan fingerprint density at radius 1 is 1.32 bits per heavy atom. The number of pyridine rings is 1. The van der Waals surface area contributed by atoms with Gasteiger partial charge in [-0.05, 0) is 46.3 Å². The van der Waals surface area contributed by atoms with Crippen LogP contribution in [-0.4, -0.2) is 12.1 Å². The lowest BCUT2D eigenvalue weighted by Gasteiger charge is -2.10. The van der Waals surface area contributed by atoms with Crippen LogP contribution in [0.4, 0.5) is 0 Å². The van der Waals surface area contributed by atoms with Crippen LogP contribution in [0.5, 0.6) is 11.5 Å². The number of aromatic nitrogens is 1. The maximum absolute atomic E-state index is 8.89. The van der Waals surface area contributed by atoms with Crippen molar-refractivity contribution in [1.82, 2.24) is 4.98 Å². The van der Waals surface area contributed by atoms with Gasteiger partial charge in [-0.25, -0.2) is 4.98 Å². The van der Waals surface area contributed by atoms with E-state index >= 15 is 0 Å². The molecule has 0 saturated carbocycles. The molecule has 5 heteroatoms. The minimum atomic E-state index is 0.321. The lowest BCUT2D eigenvalue weighted by Crippen LogP contribution is -1.99. The summed E-state index contributed by atoms with van der Waals surface area (Å²) < 4.78 is 11.6. The summed E-state index contributed by atoms with van der Waals surface area (Å²) in [7, 11) is 1.59. The standard InChI is InChI=1S/C14H11BrN2O2/c1-18-13-4-2-10(7-16)6-11(13)9-19-12-3-5-14(15)17-8-12/h2-6,8H,9H2,1H3. The molecule has 0 aliphatic carbocycles. The Balaban J connectivity index is 2.14. The Morgan fingerprint density at radius 3 is 2.79 bits per heavy atom. The molecule has 0 amide bonds. The molecule has 1 aromatic heterocycles. The van der Waals surface area contributed by atoms with Crippen molar-refractivity contribution in [2.45, 2.75) is 6.61 Å². The third-order valence-corrected chi connectivity index (χ3v) is 2.97. The lowest BCUT2D eigenvalue weighted by atomic mass is 10.1. The Kier molecular flexibility index (Phi) is 4.37. The van der Waals surface area contributed by atoms with Crippen LogP contribution in [0.1, 0.15) is 11.1 Å². The van der Waals surface area contributed by atoms with Crippen LogP contribution in [0.2, 0.25) is 0 Å². The van der Waals surface area contributed by atoms with E-state index in [1.807, 2.05) is 6.07 Å². The predicted octanol–water partition coefficient (Wildman–Crippen LogP) is 3.30.